The smallest absolute Gasteiger partial charge is 0.222 e. The molecule has 2 aromatic rings. The number of nitrogens with zero attached hydrogens (tertiary/aromatic N) is 3. The quantitative estimate of drug-likeness (QED) is 0.744. The highest BCUT2D eigenvalue weighted by atomic mass is 35.5. The van der Waals surface area contributed by atoms with Crippen LogP contribution in [0.2, 0.25) is 15.3 Å². The Morgan fingerprint density at radius 1 is 1.12 bits per heavy atom. The second-order valence-electron chi connectivity index (χ2n) is 3.14. The van der Waals surface area contributed by atoms with Crippen LogP contribution in [0.4, 0.5) is 0 Å². The first-order valence-corrected chi connectivity index (χ1v) is 5.63. The average Bonchev–Trinajstić information content (AvgIpc) is 2.32. The first-order valence-electron chi connectivity index (χ1n) is 4.50. The Bertz CT molecular complexity index is 620. The maximum atomic E-state index is 8.96. The molecule has 0 aliphatic carbocycles. The Balaban J connectivity index is 2.63. The number of benzene rings is 1. The standard InChI is InChI=1S/C11H4Cl3N3/c12-8-2-1-6(3-9(8)13)10-7(4-15)5-16-11(14)17-10/h1-3,5H. The Kier molecular flexibility index (Phi) is 3.49. The molecular weight excluding hydrogens is 281 g/mol. The lowest BCUT2D eigenvalue weighted by atomic mass is 10.1. The van der Waals surface area contributed by atoms with Crippen molar-refractivity contribution in [3.63, 3.8) is 0 Å². The molecule has 0 saturated carbocycles. The summed E-state index contributed by atoms with van der Waals surface area (Å²) < 4.78 is 0. The van der Waals surface area contributed by atoms with E-state index in [2.05, 4.69) is 9.97 Å². The maximum Gasteiger partial charge on any atom is 0.222 e. The van der Waals surface area contributed by atoms with E-state index in [1.54, 1.807) is 18.2 Å². The van der Waals surface area contributed by atoms with Gasteiger partial charge in [0.25, 0.3) is 0 Å². The van der Waals surface area contributed by atoms with Crippen LogP contribution >= 0.6 is 34.8 Å². The zero-order valence-corrected chi connectivity index (χ0v) is 10.6. The van der Waals surface area contributed by atoms with E-state index in [0.717, 1.165) is 0 Å². The lowest BCUT2D eigenvalue weighted by Gasteiger charge is -2.04. The number of hydrogen-bond donors (Lipinski definition) is 0. The topological polar surface area (TPSA) is 49.6 Å². The summed E-state index contributed by atoms with van der Waals surface area (Å²) in [4.78, 5) is 7.76. The van der Waals surface area contributed by atoms with Gasteiger partial charge < -0.3 is 0 Å². The molecule has 0 aliphatic heterocycles. The summed E-state index contributed by atoms with van der Waals surface area (Å²) in [5.41, 5.74) is 1.43. The summed E-state index contributed by atoms with van der Waals surface area (Å²) in [6, 6.07) is 6.98. The van der Waals surface area contributed by atoms with Crippen molar-refractivity contribution in [2.45, 2.75) is 0 Å². The van der Waals surface area contributed by atoms with Gasteiger partial charge in [-0.3, -0.25) is 0 Å². The van der Waals surface area contributed by atoms with Crippen molar-refractivity contribution in [2.75, 3.05) is 0 Å². The molecular formula is C11H4Cl3N3. The third-order valence-electron chi connectivity index (χ3n) is 2.07. The Hall–Kier alpha value is -1.34. The van der Waals surface area contributed by atoms with Crippen molar-refractivity contribution >= 4 is 34.8 Å². The minimum Gasteiger partial charge on any atom is -0.225 e. The molecule has 2 rings (SSSR count). The van der Waals surface area contributed by atoms with Crippen LogP contribution < -0.4 is 0 Å². The summed E-state index contributed by atoms with van der Waals surface area (Å²) in [5.74, 6) is 0. The van der Waals surface area contributed by atoms with Crippen LogP contribution in [0.15, 0.2) is 24.4 Å². The predicted octanol–water partition coefficient (Wildman–Crippen LogP) is 3.98. The highest BCUT2D eigenvalue weighted by Gasteiger charge is 2.10. The molecule has 0 amide bonds. The molecule has 0 radical (unpaired) electrons. The van der Waals surface area contributed by atoms with Gasteiger partial charge in [0, 0.05) is 5.56 Å². The molecule has 17 heavy (non-hydrogen) atoms. The van der Waals surface area contributed by atoms with E-state index in [0.29, 0.717) is 26.9 Å². The summed E-state index contributed by atoms with van der Waals surface area (Å²) in [6.45, 7) is 0. The van der Waals surface area contributed by atoms with E-state index < -0.39 is 0 Å². The SMILES string of the molecule is N#Cc1cnc(Cl)nc1-c1ccc(Cl)c(Cl)c1. The second-order valence-corrected chi connectivity index (χ2v) is 4.29. The molecule has 1 aromatic carbocycles. The Morgan fingerprint density at radius 2 is 1.88 bits per heavy atom. The molecule has 84 valence electrons. The fraction of sp³-hybridized carbons (Fsp3) is 0. The molecule has 1 aromatic heterocycles. The molecule has 0 spiro atoms. The number of hydrogen-bond acceptors (Lipinski definition) is 3. The van der Waals surface area contributed by atoms with Crippen molar-refractivity contribution in [1.82, 2.24) is 9.97 Å². The van der Waals surface area contributed by atoms with E-state index in [9.17, 15) is 0 Å². The molecule has 0 fully saturated rings. The van der Waals surface area contributed by atoms with E-state index in [1.807, 2.05) is 6.07 Å². The molecule has 0 N–H and O–H groups in total. The van der Waals surface area contributed by atoms with Crippen molar-refractivity contribution in [1.29, 1.82) is 5.26 Å². The lowest BCUT2D eigenvalue weighted by Crippen LogP contribution is -1.92. The normalized spacial score (nSPS) is 10.0. The number of nitriles is 1. The van der Waals surface area contributed by atoms with Gasteiger partial charge >= 0.3 is 0 Å². The Labute approximate surface area is 113 Å². The average molecular weight is 285 g/mol. The van der Waals surface area contributed by atoms with Crippen molar-refractivity contribution < 1.29 is 0 Å². The molecule has 0 atom stereocenters. The minimum absolute atomic E-state index is 0.0741. The lowest BCUT2D eigenvalue weighted by molar-refractivity contribution is 1.16. The van der Waals surface area contributed by atoms with Crippen LogP contribution in [0.1, 0.15) is 5.56 Å². The monoisotopic (exact) mass is 283 g/mol. The first-order chi connectivity index (χ1) is 8.11. The maximum absolute atomic E-state index is 8.96. The van der Waals surface area contributed by atoms with Gasteiger partial charge in [-0.05, 0) is 23.7 Å². The van der Waals surface area contributed by atoms with Crippen LogP contribution in [0.25, 0.3) is 11.3 Å². The van der Waals surface area contributed by atoms with Crippen LogP contribution in [0.3, 0.4) is 0 Å². The summed E-state index contributed by atoms with van der Waals surface area (Å²) in [7, 11) is 0. The largest absolute Gasteiger partial charge is 0.225 e. The molecule has 0 aliphatic rings. The summed E-state index contributed by atoms with van der Waals surface area (Å²) >= 11 is 17.4. The van der Waals surface area contributed by atoms with Crippen LogP contribution in [-0.4, -0.2) is 9.97 Å². The number of halogens is 3. The van der Waals surface area contributed by atoms with Gasteiger partial charge in [-0.15, -0.1) is 0 Å². The van der Waals surface area contributed by atoms with E-state index in [-0.39, 0.29) is 5.28 Å². The number of rotatable bonds is 1. The molecule has 1 heterocycles. The molecule has 0 unspecified atom stereocenters. The van der Waals surface area contributed by atoms with Crippen molar-refractivity contribution in [2.24, 2.45) is 0 Å². The minimum atomic E-state index is 0.0741. The predicted molar refractivity (Wildman–Crippen MR) is 67.2 cm³/mol. The van der Waals surface area contributed by atoms with Gasteiger partial charge in [-0.25, -0.2) is 9.97 Å². The van der Waals surface area contributed by atoms with Crippen LogP contribution in [0.5, 0.6) is 0 Å². The third-order valence-corrected chi connectivity index (χ3v) is 2.99. The van der Waals surface area contributed by atoms with E-state index in [1.165, 1.54) is 6.20 Å². The third kappa shape index (κ3) is 2.50. The van der Waals surface area contributed by atoms with Gasteiger partial charge in [0.05, 0.1) is 27.5 Å². The van der Waals surface area contributed by atoms with Gasteiger partial charge in [0.1, 0.15) is 6.07 Å². The molecule has 0 saturated heterocycles. The fourth-order valence-electron chi connectivity index (χ4n) is 1.31. The highest BCUT2D eigenvalue weighted by molar-refractivity contribution is 6.42. The zero-order chi connectivity index (χ0) is 12.4. The van der Waals surface area contributed by atoms with Gasteiger partial charge in [-0.1, -0.05) is 29.3 Å². The second kappa shape index (κ2) is 4.89. The first kappa shape index (κ1) is 12.1. The zero-order valence-electron chi connectivity index (χ0n) is 8.28. The van der Waals surface area contributed by atoms with E-state index in [4.69, 9.17) is 40.1 Å². The van der Waals surface area contributed by atoms with E-state index >= 15 is 0 Å². The summed E-state index contributed by atoms with van der Waals surface area (Å²) in [6.07, 6.45) is 1.37. The van der Waals surface area contributed by atoms with Gasteiger partial charge in [0.2, 0.25) is 5.28 Å². The summed E-state index contributed by atoms with van der Waals surface area (Å²) in [5, 5.41) is 9.87. The van der Waals surface area contributed by atoms with Crippen LogP contribution in [0, 0.1) is 11.3 Å². The van der Waals surface area contributed by atoms with Gasteiger partial charge in [0.15, 0.2) is 0 Å². The molecule has 0 bridgehead atoms. The molecule has 6 heteroatoms. The highest BCUT2D eigenvalue weighted by Crippen LogP contribution is 2.29. The van der Waals surface area contributed by atoms with Crippen LogP contribution in [-0.2, 0) is 0 Å². The van der Waals surface area contributed by atoms with Gasteiger partial charge in [-0.2, -0.15) is 5.26 Å². The van der Waals surface area contributed by atoms with Crippen molar-refractivity contribution in [3.05, 3.63) is 45.3 Å². The molecule has 3 nitrogen and oxygen atoms in total. The van der Waals surface area contributed by atoms with Crippen molar-refractivity contribution in [3.8, 4) is 17.3 Å². The fourth-order valence-corrected chi connectivity index (χ4v) is 1.74. The number of aromatic nitrogens is 2. The Morgan fingerprint density at radius 3 is 2.53 bits per heavy atom.